The largest absolute Gasteiger partial charge is 0.497 e. The van der Waals surface area contributed by atoms with E-state index >= 15 is 0 Å². The van der Waals surface area contributed by atoms with E-state index in [1.54, 1.807) is 7.11 Å². The summed E-state index contributed by atoms with van der Waals surface area (Å²) in [5, 5.41) is 0. The Hall–Kier alpha value is -1.77. The molecule has 1 heterocycles. The van der Waals surface area contributed by atoms with Crippen LogP contribution in [0.5, 0.6) is 5.75 Å². The molecular formula is C14H16O3. The van der Waals surface area contributed by atoms with Crippen LogP contribution >= 0.6 is 0 Å². The number of allylic oxidation sites excluding steroid dienone is 1. The lowest BCUT2D eigenvalue weighted by Gasteiger charge is -2.04. The van der Waals surface area contributed by atoms with Crippen molar-refractivity contribution < 1.29 is 14.3 Å². The van der Waals surface area contributed by atoms with Crippen LogP contribution in [0, 0.1) is 0 Å². The molecule has 0 amide bonds. The van der Waals surface area contributed by atoms with Crippen molar-refractivity contribution in [1.29, 1.82) is 0 Å². The standard InChI is InChI=1S/C14H16O3/c1-16-12-8-6-11(7-9-12)10-13-4-2-3-5-14(15)17-13/h6-10H,2-5H2,1H3/b13-10+. The summed E-state index contributed by atoms with van der Waals surface area (Å²) in [7, 11) is 1.64. The maximum absolute atomic E-state index is 11.3. The summed E-state index contributed by atoms with van der Waals surface area (Å²) < 4.78 is 10.4. The van der Waals surface area contributed by atoms with Crippen molar-refractivity contribution in [2.24, 2.45) is 0 Å². The molecule has 0 saturated carbocycles. The highest BCUT2D eigenvalue weighted by atomic mass is 16.5. The Bertz CT molecular complexity index is 418. The summed E-state index contributed by atoms with van der Waals surface area (Å²) in [4.78, 5) is 11.3. The molecule has 1 fully saturated rings. The molecule has 0 aliphatic carbocycles. The first kappa shape index (κ1) is 11.7. The van der Waals surface area contributed by atoms with E-state index in [1.807, 2.05) is 30.3 Å². The van der Waals surface area contributed by atoms with Crippen LogP contribution in [0.25, 0.3) is 6.08 Å². The fourth-order valence-corrected chi connectivity index (χ4v) is 1.80. The fraction of sp³-hybridized carbons (Fsp3) is 0.357. The Morgan fingerprint density at radius 1 is 1.18 bits per heavy atom. The van der Waals surface area contributed by atoms with Crippen molar-refractivity contribution in [2.75, 3.05) is 7.11 Å². The van der Waals surface area contributed by atoms with Crippen LogP contribution in [0.3, 0.4) is 0 Å². The molecule has 1 aromatic carbocycles. The van der Waals surface area contributed by atoms with Crippen LogP contribution in [-0.2, 0) is 9.53 Å². The minimum Gasteiger partial charge on any atom is -0.497 e. The Morgan fingerprint density at radius 3 is 2.59 bits per heavy atom. The summed E-state index contributed by atoms with van der Waals surface area (Å²) in [6.45, 7) is 0. The fourth-order valence-electron chi connectivity index (χ4n) is 1.80. The molecular weight excluding hydrogens is 216 g/mol. The zero-order valence-corrected chi connectivity index (χ0v) is 9.94. The molecule has 1 aliphatic rings. The maximum Gasteiger partial charge on any atom is 0.310 e. The highest BCUT2D eigenvalue weighted by Crippen LogP contribution is 2.21. The molecule has 1 aromatic rings. The monoisotopic (exact) mass is 232 g/mol. The first-order valence-electron chi connectivity index (χ1n) is 5.83. The second-order valence-electron chi connectivity index (χ2n) is 4.06. The van der Waals surface area contributed by atoms with Gasteiger partial charge in [-0.25, -0.2) is 0 Å². The van der Waals surface area contributed by atoms with Gasteiger partial charge in [-0.05, 0) is 36.6 Å². The number of rotatable bonds is 2. The molecule has 0 unspecified atom stereocenters. The number of cyclic esters (lactones) is 1. The van der Waals surface area contributed by atoms with E-state index in [1.165, 1.54) is 0 Å². The van der Waals surface area contributed by atoms with Crippen molar-refractivity contribution in [3.05, 3.63) is 35.6 Å². The molecule has 90 valence electrons. The number of benzene rings is 1. The average Bonchev–Trinajstić information content (AvgIpc) is 2.55. The summed E-state index contributed by atoms with van der Waals surface area (Å²) in [5.41, 5.74) is 1.02. The molecule has 0 bridgehead atoms. The SMILES string of the molecule is COc1ccc(/C=C2\CCCCC(=O)O2)cc1. The molecule has 0 radical (unpaired) electrons. The van der Waals surface area contributed by atoms with Gasteiger partial charge in [-0.2, -0.15) is 0 Å². The van der Waals surface area contributed by atoms with Gasteiger partial charge in [0.2, 0.25) is 0 Å². The van der Waals surface area contributed by atoms with Gasteiger partial charge in [-0.1, -0.05) is 12.1 Å². The van der Waals surface area contributed by atoms with E-state index in [0.29, 0.717) is 6.42 Å². The Balaban J connectivity index is 2.13. The number of carbonyl (C=O) groups is 1. The van der Waals surface area contributed by atoms with Gasteiger partial charge in [0.25, 0.3) is 0 Å². The summed E-state index contributed by atoms with van der Waals surface area (Å²) in [6, 6.07) is 7.69. The lowest BCUT2D eigenvalue weighted by Crippen LogP contribution is -1.99. The predicted octanol–water partition coefficient (Wildman–Crippen LogP) is 3.15. The van der Waals surface area contributed by atoms with Crippen LogP contribution in [0.4, 0.5) is 0 Å². The smallest absolute Gasteiger partial charge is 0.310 e. The minimum atomic E-state index is -0.123. The highest BCUT2D eigenvalue weighted by Gasteiger charge is 2.12. The second-order valence-corrected chi connectivity index (χ2v) is 4.06. The van der Waals surface area contributed by atoms with Gasteiger partial charge in [0.15, 0.2) is 0 Å². The molecule has 17 heavy (non-hydrogen) atoms. The summed E-state index contributed by atoms with van der Waals surface area (Å²) in [6.07, 6.45) is 5.20. The lowest BCUT2D eigenvalue weighted by atomic mass is 10.1. The molecule has 0 aromatic heterocycles. The Kier molecular flexibility index (Phi) is 3.81. The third kappa shape index (κ3) is 3.34. The second kappa shape index (κ2) is 5.53. The van der Waals surface area contributed by atoms with E-state index in [-0.39, 0.29) is 5.97 Å². The van der Waals surface area contributed by atoms with Crippen LogP contribution in [0.1, 0.15) is 31.2 Å². The van der Waals surface area contributed by atoms with Gasteiger partial charge in [0, 0.05) is 12.8 Å². The van der Waals surface area contributed by atoms with E-state index in [9.17, 15) is 4.79 Å². The van der Waals surface area contributed by atoms with Gasteiger partial charge in [0.05, 0.1) is 7.11 Å². The van der Waals surface area contributed by atoms with E-state index in [2.05, 4.69) is 0 Å². The number of methoxy groups -OCH3 is 1. The van der Waals surface area contributed by atoms with E-state index in [0.717, 1.165) is 36.3 Å². The number of hydrogen-bond acceptors (Lipinski definition) is 3. The van der Waals surface area contributed by atoms with Gasteiger partial charge < -0.3 is 9.47 Å². The topological polar surface area (TPSA) is 35.5 Å². The molecule has 0 atom stereocenters. The first-order valence-corrected chi connectivity index (χ1v) is 5.83. The van der Waals surface area contributed by atoms with Crippen molar-refractivity contribution >= 4 is 12.0 Å². The highest BCUT2D eigenvalue weighted by molar-refractivity contribution is 5.72. The van der Waals surface area contributed by atoms with Crippen LogP contribution in [0.15, 0.2) is 30.0 Å². The zero-order valence-electron chi connectivity index (χ0n) is 9.94. The number of ether oxygens (including phenoxy) is 2. The molecule has 0 spiro atoms. The third-order valence-electron chi connectivity index (χ3n) is 2.74. The van der Waals surface area contributed by atoms with Crippen molar-refractivity contribution in [2.45, 2.75) is 25.7 Å². The van der Waals surface area contributed by atoms with Gasteiger partial charge >= 0.3 is 5.97 Å². The first-order chi connectivity index (χ1) is 8.28. The van der Waals surface area contributed by atoms with Gasteiger partial charge in [0.1, 0.15) is 11.5 Å². The molecule has 0 N–H and O–H groups in total. The number of esters is 1. The predicted molar refractivity (Wildman–Crippen MR) is 65.5 cm³/mol. The molecule has 3 nitrogen and oxygen atoms in total. The number of hydrogen-bond donors (Lipinski definition) is 0. The lowest BCUT2D eigenvalue weighted by molar-refractivity contribution is -0.138. The van der Waals surface area contributed by atoms with Crippen LogP contribution < -0.4 is 4.74 Å². The Labute approximate surface area is 101 Å². The van der Waals surface area contributed by atoms with Gasteiger partial charge in [-0.15, -0.1) is 0 Å². The van der Waals surface area contributed by atoms with Gasteiger partial charge in [-0.3, -0.25) is 4.79 Å². The maximum atomic E-state index is 11.3. The minimum absolute atomic E-state index is 0.123. The molecule has 1 aliphatic heterocycles. The normalized spacial score (nSPS) is 18.6. The zero-order chi connectivity index (χ0) is 12.1. The summed E-state index contributed by atoms with van der Waals surface area (Å²) in [5.74, 6) is 1.46. The van der Waals surface area contributed by atoms with Crippen molar-refractivity contribution in [3.63, 3.8) is 0 Å². The quantitative estimate of drug-likeness (QED) is 0.735. The third-order valence-corrected chi connectivity index (χ3v) is 2.74. The van der Waals surface area contributed by atoms with Crippen molar-refractivity contribution in [3.8, 4) is 5.75 Å². The average molecular weight is 232 g/mol. The van der Waals surface area contributed by atoms with Crippen LogP contribution in [-0.4, -0.2) is 13.1 Å². The summed E-state index contributed by atoms with van der Waals surface area (Å²) >= 11 is 0. The molecule has 2 rings (SSSR count). The molecule has 3 heteroatoms. The van der Waals surface area contributed by atoms with Crippen LogP contribution in [0.2, 0.25) is 0 Å². The molecule has 1 saturated heterocycles. The Morgan fingerprint density at radius 2 is 1.88 bits per heavy atom. The number of carbonyl (C=O) groups excluding carboxylic acids is 1. The van der Waals surface area contributed by atoms with Crippen molar-refractivity contribution in [1.82, 2.24) is 0 Å². The van der Waals surface area contributed by atoms with E-state index < -0.39 is 0 Å². The van der Waals surface area contributed by atoms with E-state index in [4.69, 9.17) is 9.47 Å².